The Morgan fingerprint density at radius 1 is 1.12 bits per heavy atom. The molecule has 0 saturated carbocycles. The summed E-state index contributed by atoms with van der Waals surface area (Å²) in [5.74, 6) is -0.634. The van der Waals surface area contributed by atoms with Crippen molar-refractivity contribution in [3.63, 3.8) is 0 Å². The molecule has 138 valence electrons. The zero-order valence-corrected chi connectivity index (χ0v) is 14.9. The molecule has 9 heteroatoms. The smallest absolute Gasteiger partial charge is 0.255 e. The Bertz CT molecular complexity index is 895. The highest BCUT2D eigenvalue weighted by Gasteiger charge is 2.14. The van der Waals surface area contributed by atoms with Crippen LogP contribution in [0.4, 0.5) is 5.69 Å². The van der Waals surface area contributed by atoms with Crippen LogP contribution in [0.5, 0.6) is 5.75 Å². The fraction of sp³-hybridized carbons (Fsp3) is 0.176. The summed E-state index contributed by atoms with van der Waals surface area (Å²) in [4.78, 5) is 23.1. The van der Waals surface area contributed by atoms with Gasteiger partial charge in [-0.2, -0.15) is 0 Å². The van der Waals surface area contributed by atoms with Crippen molar-refractivity contribution in [2.24, 2.45) is 5.73 Å². The van der Waals surface area contributed by atoms with Crippen LogP contribution in [0.1, 0.15) is 17.3 Å². The van der Waals surface area contributed by atoms with E-state index in [-0.39, 0.29) is 18.0 Å². The van der Waals surface area contributed by atoms with Crippen LogP contribution in [0.3, 0.4) is 0 Å². The average Bonchev–Trinajstić information content (AvgIpc) is 2.60. The molecule has 0 aliphatic heterocycles. The number of primary amides is 1. The second-order valence-corrected chi connectivity index (χ2v) is 7.03. The van der Waals surface area contributed by atoms with Crippen LogP contribution < -0.4 is 20.5 Å². The summed E-state index contributed by atoms with van der Waals surface area (Å²) >= 11 is 0. The van der Waals surface area contributed by atoms with Crippen molar-refractivity contribution >= 4 is 27.5 Å². The van der Waals surface area contributed by atoms with Gasteiger partial charge in [0.05, 0.1) is 4.90 Å². The van der Waals surface area contributed by atoms with E-state index >= 15 is 0 Å². The van der Waals surface area contributed by atoms with Crippen LogP contribution in [0.25, 0.3) is 0 Å². The van der Waals surface area contributed by atoms with Gasteiger partial charge in [0.1, 0.15) is 5.75 Å². The number of rotatable bonds is 8. The number of nitrogens with two attached hydrogens (primary N) is 1. The molecular weight excluding hydrogens is 358 g/mol. The Kier molecular flexibility index (Phi) is 6.31. The van der Waals surface area contributed by atoms with Crippen LogP contribution in [0, 0.1) is 0 Å². The maximum atomic E-state index is 12.3. The van der Waals surface area contributed by atoms with Gasteiger partial charge in [-0.3, -0.25) is 9.59 Å². The molecule has 0 radical (unpaired) electrons. The third-order valence-corrected chi connectivity index (χ3v) is 4.80. The van der Waals surface area contributed by atoms with Gasteiger partial charge < -0.3 is 15.8 Å². The molecule has 0 heterocycles. The van der Waals surface area contributed by atoms with Crippen molar-refractivity contribution in [3.05, 3.63) is 54.1 Å². The largest absolute Gasteiger partial charge is 0.484 e. The van der Waals surface area contributed by atoms with E-state index < -0.39 is 21.8 Å². The number of sulfonamides is 1. The number of benzene rings is 2. The second kappa shape index (κ2) is 8.45. The fourth-order valence-electron chi connectivity index (χ4n) is 2.08. The van der Waals surface area contributed by atoms with Crippen LogP contribution in [0.2, 0.25) is 0 Å². The number of hydrogen-bond donors (Lipinski definition) is 3. The van der Waals surface area contributed by atoms with Crippen molar-refractivity contribution in [1.29, 1.82) is 0 Å². The van der Waals surface area contributed by atoms with Gasteiger partial charge in [-0.1, -0.05) is 13.0 Å². The molecule has 2 rings (SSSR count). The molecule has 0 fully saturated rings. The van der Waals surface area contributed by atoms with Crippen molar-refractivity contribution in [3.8, 4) is 5.75 Å². The van der Waals surface area contributed by atoms with Gasteiger partial charge in [-0.05, 0) is 36.4 Å². The fourth-order valence-corrected chi connectivity index (χ4v) is 3.12. The zero-order chi connectivity index (χ0) is 19.2. The lowest BCUT2D eigenvalue weighted by Crippen LogP contribution is -2.23. The first-order chi connectivity index (χ1) is 12.3. The highest BCUT2D eigenvalue weighted by atomic mass is 32.2. The molecule has 26 heavy (non-hydrogen) atoms. The maximum absolute atomic E-state index is 12.3. The molecule has 2 amide bonds. The van der Waals surface area contributed by atoms with Gasteiger partial charge in [0.25, 0.3) is 11.8 Å². The zero-order valence-electron chi connectivity index (χ0n) is 14.1. The molecule has 0 unspecified atom stereocenters. The average molecular weight is 377 g/mol. The van der Waals surface area contributed by atoms with E-state index in [0.717, 1.165) is 0 Å². The van der Waals surface area contributed by atoms with Gasteiger partial charge in [0.2, 0.25) is 10.0 Å². The lowest BCUT2D eigenvalue weighted by molar-refractivity contribution is -0.119. The SMILES string of the molecule is CCNS(=O)(=O)c1ccc(C(=O)Nc2cccc(OCC(N)=O)c2)cc1. The van der Waals surface area contributed by atoms with Gasteiger partial charge >= 0.3 is 0 Å². The number of carbonyl (C=O) groups excluding carboxylic acids is 2. The Labute approximate surface area is 151 Å². The van der Waals surface area contributed by atoms with Crippen LogP contribution in [-0.2, 0) is 14.8 Å². The van der Waals surface area contributed by atoms with Crippen LogP contribution in [-0.4, -0.2) is 33.4 Å². The third kappa shape index (κ3) is 5.30. The lowest BCUT2D eigenvalue weighted by Gasteiger charge is -2.09. The Hall–Kier alpha value is -2.91. The van der Waals surface area contributed by atoms with Gasteiger partial charge in [0.15, 0.2) is 6.61 Å². The molecule has 8 nitrogen and oxygen atoms in total. The van der Waals surface area contributed by atoms with E-state index in [2.05, 4.69) is 10.0 Å². The molecule has 0 bridgehead atoms. The number of nitrogens with one attached hydrogen (secondary N) is 2. The summed E-state index contributed by atoms with van der Waals surface area (Å²) < 4.78 is 31.3. The van der Waals surface area contributed by atoms with Gasteiger partial charge in [-0.25, -0.2) is 13.1 Å². The molecular formula is C17H19N3O5S. The normalized spacial score (nSPS) is 11.0. The molecule has 2 aromatic carbocycles. The van der Waals surface area contributed by atoms with Gasteiger partial charge in [0, 0.05) is 23.9 Å². The molecule has 0 aliphatic carbocycles. The lowest BCUT2D eigenvalue weighted by atomic mass is 10.2. The van der Waals surface area contributed by atoms with Crippen LogP contribution in [0.15, 0.2) is 53.4 Å². The van der Waals surface area contributed by atoms with E-state index in [1.54, 1.807) is 31.2 Å². The summed E-state index contributed by atoms with van der Waals surface area (Å²) in [5.41, 5.74) is 5.77. The first-order valence-corrected chi connectivity index (χ1v) is 9.22. The topological polar surface area (TPSA) is 128 Å². The highest BCUT2D eigenvalue weighted by molar-refractivity contribution is 7.89. The third-order valence-electron chi connectivity index (χ3n) is 3.23. The summed E-state index contributed by atoms with van der Waals surface area (Å²) in [6, 6.07) is 12.0. The summed E-state index contributed by atoms with van der Waals surface area (Å²) in [7, 11) is -3.57. The number of amides is 2. The number of carbonyl (C=O) groups is 2. The van der Waals surface area contributed by atoms with E-state index in [0.29, 0.717) is 17.0 Å². The van der Waals surface area contributed by atoms with Crippen molar-refractivity contribution < 1.29 is 22.7 Å². The highest BCUT2D eigenvalue weighted by Crippen LogP contribution is 2.18. The van der Waals surface area contributed by atoms with Crippen LogP contribution >= 0.6 is 0 Å². The molecule has 0 aromatic heterocycles. The van der Waals surface area contributed by atoms with E-state index in [4.69, 9.17) is 10.5 Å². The number of hydrogen-bond acceptors (Lipinski definition) is 5. The van der Waals surface area contributed by atoms with Crippen molar-refractivity contribution in [2.75, 3.05) is 18.5 Å². The minimum absolute atomic E-state index is 0.0812. The van der Waals surface area contributed by atoms with Crippen molar-refractivity contribution in [2.45, 2.75) is 11.8 Å². The predicted molar refractivity (Wildman–Crippen MR) is 96.4 cm³/mol. The predicted octanol–water partition coefficient (Wildman–Crippen LogP) is 1.10. The quantitative estimate of drug-likeness (QED) is 0.635. The molecule has 2 aromatic rings. The second-order valence-electron chi connectivity index (χ2n) is 5.26. The monoisotopic (exact) mass is 377 g/mol. The minimum Gasteiger partial charge on any atom is -0.484 e. The van der Waals surface area contributed by atoms with E-state index in [1.165, 1.54) is 24.3 Å². The Morgan fingerprint density at radius 2 is 1.81 bits per heavy atom. The number of anilines is 1. The molecule has 0 aliphatic rings. The van der Waals surface area contributed by atoms with Crippen molar-refractivity contribution in [1.82, 2.24) is 4.72 Å². The minimum atomic E-state index is -3.57. The molecule has 0 saturated heterocycles. The number of ether oxygens (including phenoxy) is 1. The summed E-state index contributed by atoms with van der Waals surface area (Å²) in [5, 5.41) is 2.67. The van der Waals surface area contributed by atoms with E-state index in [1.807, 2.05) is 0 Å². The molecule has 4 N–H and O–H groups in total. The van der Waals surface area contributed by atoms with E-state index in [9.17, 15) is 18.0 Å². The van der Waals surface area contributed by atoms with Gasteiger partial charge in [-0.15, -0.1) is 0 Å². The molecule has 0 spiro atoms. The summed E-state index contributed by atoms with van der Waals surface area (Å²) in [6.07, 6.45) is 0. The molecule has 0 atom stereocenters. The maximum Gasteiger partial charge on any atom is 0.255 e. The summed E-state index contributed by atoms with van der Waals surface area (Å²) in [6.45, 7) is 1.69. The first kappa shape index (κ1) is 19.4. The Morgan fingerprint density at radius 3 is 2.42 bits per heavy atom. The standard InChI is InChI=1S/C17H19N3O5S/c1-2-19-26(23,24)15-8-6-12(7-9-15)17(22)20-13-4-3-5-14(10-13)25-11-16(18)21/h3-10,19H,2,11H2,1H3,(H2,18,21)(H,20,22). The Balaban J connectivity index is 2.08. The first-order valence-electron chi connectivity index (χ1n) is 7.74.